The van der Waals surface area contributed by atoms with Crippen molar-refractivity contribution in [3.63, 3.8) is 0 Å². The molecule has 20 heavy (non-hydrogen) atoms. The van der Waals surface area contributed by atoms with Crippen molar-refractivity contribution in [3.8, 4) is 0 Å². The highest BCUT2D eigenvalue weighted by atomic mass is 79.9. The number of amides is 1. The number of rotatable bonds is 2. The molecule has 0 aromatic heterocycles. The molecule has 5 heteroatoms. The zero-order valence-corrected chi connectivity index (χ0v) is 13.2. The summed E-state index contributed by atoms with van der Waals surface area (Å²) in [6.45, 7) is 1.96. The number of aryl methyl sites for hydroxylation is 1. The van der Waals surface area contributed by atoms with Gasteiger partial charge >= 0.3 is 5.97 Å². The largest absolute Gasteiger partial charge is 0.481 e. The van der Waals surface area contributed by atoms with Gasteiger partial charge in [-0.05, 0) is 37.0 Å². The summed E-state index contributed by atoms with van der Waals surface area (Å²) in [5.41, 5.74) is 1.92. The van der Waals surface area contributed by atoms with Gasteiger partial charge in [-0.25, -0.2) is 0 Å². The van der Waals surface area contributed by atoms with E-state index in [-0.39, 0.29) is 5.91 Å². The number of carbonyl (C=O) groups is 2. The number of nitrogens with zero attached hydrogens (tertiary/aromatic N) is 1. The maximum Gasteiger partial charge on any atom is 0.308 e. The molecule has 108 valence electrons. The van der Waals surface area contributed by atoms with Crippen LogP contribution in [0.15, 0.2) is 22.7 Å². The topological polar surface area (TPSA) is 57.6 Å². The molecular weight excluding hydrogens is 322 g/mol. The molecule has 4 nitrogen and oxygen atoms in total. The Kier molecular flexibility index (Phi) is 4.48. The molecule has 1 aliphatic rings. The third kappa shape index (κ3) is 2.87. The Morgan fingerprint density at radius 2 is 2.15 bits per heavy atom. The van der Waals surface area contributed by atoms with E-state index in [0.717, 1.165) is 15.6 Å². The maximum atomic E-state index is 12.0. The van der Waals surface area contributed by atoms with Gasteiger partial charge in [0.1, 0.15) is 0 Å². The minimum Gasteiger partial charge on any atom is -0.481 e. The number of likely N-dealkylation sites (tertiary alicyclic amines) is 1. The monoisotopic (exact) mass is 339 g/mol. The third-order valence-corrected chi connectivity index (χ3v) is 4.83. The van der Waals surface area contributed by atoms with Crippen molar-refractivity contribution in [2.45, 2.75) is 32.2 Å². The lowest BCUT2D eigenvalue weighted by atomic mass is 9.89. The summed E-state index contributed by atoms with van der Waals surface area (Å²) in [7, 11) is 1.70. The van der Waals surface area contributed by atoms with Gasteiger partial charge in [0.05, 0.1) is 12.0 Å². The summed E-state index contributed by atoms with van der Waals surface area (Å²) in [5.74, 6) is -1.37. The summed E-state index contributed by atoms with van der Waals surface area (Å²) >= 11 is 3.44. The first-order chi connectivity index (χ1) is 9.41. The van der Waals surface area contributed by atoms with Crippen molar-refractivity contribution in [3.05, 3.63) is 33.8 Å². The fourth-order valence-electron chi connectivity index (χ4n) is 2.80. The van der Waals surface area contributed by atoms with Gasteiger partial charge in [-0.15, -0.1) is 0 Å². The van der Waals surface area contributed by atoms with Crippen molar-refractivity contribution < 1.29 is 14.7 Å². The number of hydrogen-bond acceptors (Lipinski definition) is 2. The van der Waals surface area contributed by atoms with E-state index >= 15 is 0 Å². The Bertz CT molecular complexity index is 544. The number of halogens is 1. The summed E-state index contributed by atoms with van der Waals surface area (Å²) in [6.07, 6.45) is 1.59. The first-order valence-electron chi connectivity index (χ1n) is 6.66. The van der Waals surface area contributed by atoms with E-state index in [4.69, 9.17) is 0 Å². The van der Waals surface area contributed by atoms with Gasteiger partial charge in [0.2, 0.25) is 5.91 Å². The molecule has 0 spiro atoms. The number of carboxylic acid groups (broad SMARTS) is 1. The number of hydrogen-bond donors (Lipinski definition) is 1. The van der Waals surface area contributed by atoms with E-state index in [2.05, 4.69) is 15.9 Å². The van der Waals surface area contributed by atoms with Crippen LogP contribution in [-0.2, 0) is 9.59 Å². The second-order valence-corrected chi connectivity index (χ2v) is 6.15. The minimum atomic E-state index is -0.836. The molecule has 1 saturated heterocycles. The maximum absolute atomic E-state index is 12.0. The second-order valence-electron chi connectivity index (χ2n) is 5.30. The molecule has 0 saturated carbocycles. The minimum absolute atomic E-state index is 0.0133. The van der Waals surface area contributed by atoms with Gasteiger partial charge in [-0.1, -0.05) is 28.1 Å². The first kappa shape index (κ1) is 15.0. The SMILES string of the molecule is Cc1cc(C2C(C(=O)O)CCCC(=O)N2C)ccc1Br. The Balaban J connectivity index is 2.47. The van der Waals surface area contributed by atoms with Crippen molar-refractivity contribution >= 4 is 27.8 Å². The summed E-state index contributed by atoms with van der Waals surface area (Å²) < 4.78 is 0.982. The Labute approximate surface area is 126 Å². The smallest absolute Gasteiger partial charge is 0.308 e. The molecule has 0 bridgehead atoms. The lowest BCUT2D eigenvalue weighted by Gasteiger charge is -2.31. The Hall–Kier alpha value is -1.36. The van der Waals surface area contributed by atoms with E-state index in [0.29, 0.717) is 19.3 Å². The predicted molar refractivity (Wildman–Crippen MR) is 79.4 cm³/mol. The molecule has 1 aliphatic heterocycles. The third-order valence-electron chi connectivity index (χ3n) is 3.94. The van der Waals surface area contributed by atoms with Crippen LogP contribution in [0.5, 0.6) is 0 Å². The van der Waals surface area contributed by atoms with Crippen LogP contribution in [0, 0.1) is 12.8 Å². The fourth-order valence-corrected chi connectivity index (χ4v) is 3.05. The number of carboxylic acids is 1. The van der Waals surface area contributed by atoms with Gasteiger partial charge in [0, 0.05) is 17.9 Å². The van der Waals surface area contributed by atoms with E-state index in [1.54, 1.807) is 11.9 Å². The van der Waals surface area contributed by atoms with Crippen LogP contribution in [0.1, 0.15) is 36.4 Å². The van der Waals surface area contributed by atoms with E-state index in [1.165, 1.54) is 0 Å². The zero-order valence-electron chi connectivity index (χ0n) is 11.6. The standard InChI is InChI=1S/C15H18BrNO3/c1-9-8-10(6-7-12(9)16)14-11(15(19)20)4-3-5-13(18)17(14)2/h6-8,11,14H,3-5H2,1-2H3,(H,19,20). The van der Waals surface area contributed by atoms with E-state index in [1.807, 2.05) is 25.1 Å². The van der Waals surface area contributed by atoms with Crippen LogP contribution in [-0.4, -0.2) is 28.9 Å². The molecular formula is C15H18BrNO3. The van der Waals surface area contributed by atoms with Crippen molar-refractivity contribution in [2.24, 2.45) is 5.92 Å². The highest BCUT2D eigenvalue weighted by molar-refractivity contribution is 9.10. The van der Waals surface area contributed by atoms with E-state index in [9.17, 15) is 14.7 Å². The van der Waals surface area contributed by atoms with Crippen LogP contribution in [0.4, 0.5) is 0 Å². The summed E-state index contributed by atoms with van der Waals surface area (Å²) in [5, 5.41) is 9.48. The lowest BCUT2D eigenvalue weighted by molar-refractivity contribution is -0.145. The zero-order chi connectivity index (χ0) is 14.9. The Morgan fingerprint density at radius 1 is 1.45 bits per heavy atom. The van der Waals surface area contributed by atoms with Gasteiger partial charge in [0.25, 0.3) is 0 Å². The molecule has 1 N–H and O–H groups in total. The molecule has 1 heterocycles. The van der Waals surface area contributed by atoms with Crippen molar-refractivity contribution in [2.75, 3.05) is 7.05 Å². The summed E-state index contributed by atoms with van der Waals surface area (Å²) in [6, 6.07) is 5.37. The molecule has 2 rings (SSSR count). The van der Waals surface area contributed by atoms with E-state index < -0.39 is 17.9 Å². The molecule has 1 aromatic rings. The van der Waals surface area contributed by atoms with Gasteiger partial charge < -0.3 is 10.0 Å². The number of carbonyl (C=O) groups excluding carboxylic acids is 1. The second kappa shape index (κ2) is 5.95. The molecule has 1 aromatic carbocycles. The molecule has 2 atom stereocenters. The molecule has 1 amide bonds. The van der Waals surface area contributed by atoms with Gasteiger partial charge in [0.15, 0.2) is 0 Å². The molecule has 2 unspecified atom stereocenters. The van der Waals surface area contributed by atoms with Crippen LogP contribution < -0.4 is 0 Å². The van der Waals surface area contributed by atoms with Crippen LogP contribution in [0.25, 0.3) is 0 Å². The molecule has 1 fully saturated rings. The van der Waals surface area contributed by atoms with Gasteiger partial charge in [-0.3, -0.25) is 9.59 Å². The quantitative estimate of drug-likeness (QED) is 0.900. The average molecular weight is 340 g/mol. The predicted octanol–water partition coefficient (Wildman–Crippen LogP) is 3.14. The van der Waals surface area contributed by atoms with Crippen molar-refractivity contribution in [1.82, 2.24) is 4.90 Å². The number of benzene rings is 1. The molecule has 0 radical (unpaired) electrons. The van der Waals surface area contributed by atoms with Crippen LogP contribution >= 0.6 is 15.9 Å². The number of aliphatic carboxylic acids is 1. The normalized spacial score (nSPS) is 23.6. The molecule has 0 aliphatic carbocycles. The summed E-state index contributed by atoms with van der Waals surface area (Å²) in [4.78, 5) is 25.2. The van der Waals surface area contributed by atoms with Crippen molar-refractivity contribution in [1.29, 1.82) is 0 Å². The van der Waals surface area contributed by atoms with Crippen LogP contribution in [0.2, 0.25) is 0 Å². The lowest BCUT2D eigenvalue weighted by Crippen LogP contribution is -2.36. The highest BCUT2D eigenvalue weighted by Gasteiger charge is 2.36. The fraction of sp³-hybridized carbons (Fsp3) is 0.467. The average Bonchev–Trinajstić information content (AvgIpc) is 2.54. The highest BCUT2D eigenvalue weighted by Crippen LogP contribution is 2.36. The van der Waals surface area contributed by atoms with Gasteiger partial charge in [-0.2, -0.15) is 0 Å². The Morgan fingerprint density at radius 3 is 2.75 bits per heavy atom. The first-order valence-corrected chi connectivity index (χ1v) is 7.45. The van der Waals surface area contributed by atoms with Crippen LogP contribution in [0.3, 0.4) is 0 Å².